The molecule has 0 fully saturated rings. The number of nitrogens with one attached hydrogen (secondary N) is 1. The summed E-state index contributed by atoms with van der Waals surface area (Å²) in [6, 6.07) is 0. The molecule has 0 aromatic rings. The Kier molecular flexibility index (Phi) is 26.5. The summed E-state index contributed by atoms with van der Waals surface area (Å²) in [5.41, 5.74) is 0. The molecular formula is C34H67NO7. The molecule has 0 aliphatic heterocycles. The van der Waals surface area contributed by atoms with Crippen LogP contribution in [-0.2, 0) is 14.3 Å². The Morgan fingerprint density at radius 1 is 0.524 bits per heavy atom. The van der Waals surface area contributed by atoms with Crippen molar-refractivity contribution >= 4 is 11.9 Å². The van der Waals surface area contributed by atoms with Gasteiger partial charge in [0.15, 0.2) is 0 Å². The molecule has 8 heteroatoms. The zero-order valence-corrected chi connectivity index (χ0v) is 27.3. The number of esters is 1. The topological polar surface area (TPSA) is 136 Å². The van der Waals surface area contributed by atoms with Crippen LogP contribution in [0.2, 0.25) is 0 Å². The molecule has 0 aromatic heterocycles. The second-order valence-electron chi connectivity index (χ2n) is 12.3. The molecule has 42 heavy (non-hydrogen) atoms. The number of hydrogen-bond acceptors (Lipinski definition) is 7. The summed E-state index contributed by atoms with van der Waals surface area (Å²) in [6.07, 6.45) is 26.3. The molecule has 0 saturated carbocycles. The third-order valence-corrected chi connectivity index (χ3v) is 7.97. The van der Waals surface area contributed by atoms with Crippen LogP contribution in [0.3, 0.4) is 0 Å². The minimum absolute atomic E-state index is 0.103. The SMILES string of the molecule is CCCCCCCCCCCCCCNC(=O)C(O)(O)CCCC(O)(O)OC(=O)CCCCCCCCCCCCC. The average molecular weight is 602 g/mol. The minimum Gasteiger partial charge on any atom is -0.408 e. The molecule has 0 atom stereocenters. The standard InChI is InChI=1S/C34H67NO7/c1-3-5-7-9-11-13-15-17-19-21-23-25-30-35-32(37)33(38,39)28-26-29-34(40,41)42-31(36)27-24-22-20-18-16-14-12-10-8-6-4-2/h38-41H,3-30H2,1-2H3,(H,35,37). The number of hydrogen-bond donors (Lipinski definition) is 5. The molecule has 250 valence electrons. The predicted octanol–water partition coefficient (Wildman–Crippen LogP) is 7.54. The van der Waals surface area contributed by atoms with Crippen molar-refractivity contribution in [1.29, 1.82) is 0 Å². The molecule has 0 aliphatic rings. The van der Waals surface area contributed by atoms with Gasteiger partial charge in [-0.3, -0.25) is 9.59 Å². The Morgan fingerprint density at radius 3 is 1.33 bits per heavy atom. The van der Waals surface area contributed by atoms with Gasteiger partial charge in [0.25, 0.3) is 5.91 Å². The summed E-state index contributed by atoms with van der Waals surface area (Å²) in [7, 11) is 0. The summed E-state index contributed by atoms with van der Waals surface area (Å²) >= 11 is 0. The number of unbranched alkanes of at least 4 members (excludes halogenated alkanes) is 21. The third-order valence-electron chi connectivity index (χ3n) is 7.97. The molecule has 0 saturated heterocycles. The highest BCUT2D eigenvalue weighted by atomic mass is 16.8. The van der Waals surface area contributed by atoms with Gasteiger partial charge >= 0.3 is 11.9 Å². The monoisotopic (exact) mass is 601 g/mol. The van der Waals surface area contributed by atoms with Crippen LogP contribution in [0.4, 0.5) is 0 Å². The maximum Gasteiger partial charge on any atom is 0.324 e. The third kappa shape index (κ3) is 26.4. The van der Waals surface area contributed by atoms with Crippen molar-refractivity contribution in [3.8, 4) is 0 Å². The van der Waals surface area contributed by atoms with Crippen molar-refractivity contribution in [1.82, 2.24) is 5.32 Å². The lowest BCUT2D eigenvalue weighted by Crippen LogP contribution is -2.47. The van der Waals surface area contributed by atoms with E-state index in [4.69, 9.17) is 4.74 Å². The van der Waals surface area contributed by atoms with E-state index in [1.807, 2.05) is 0 Å². The maximum absolute atomic E-state index is 12.2. The fourth-order valence-corrected chi connectivity index (χ4v) is 5.21. The van der Waals surface area contributed by atoms with Gasteiger partial charge in [0.1, 0.15) is 0 Å². The number of amides is 1. The van der Waals surface area contributed by atoms with Crippen molar-refractivity contribution in [3.05, 3.63) is 0 Å². The Morgan fingerprint density at radius 2 is 0.905 bits per heavy atom. The van der Waals surface area contributed by atoms with Crippen LogP contribution < -0.4 is 5.32 Å². The molecule has 5 N–H and O–H groups in total. The van der Waals surface area contributed by atoms with E-state index in [1.165, 1.54) is 103 Å². The highest BCUT2D eigenvalue weighted by Crippen LogP contribution is 2.19. The van der Waals surface area contributed by atoms with Crippen molar-refractivity contribution < 1.29 is 34.8 Å². The molecule has 0 aromatic carbocycles. The highest BCUT2D eigenvalue weighted by Gasteiger charge is 2.35. The molecule has 8 nitrogen and oxygen atoms in total. The van der Waals surface area contributed by atoms with Gasteiger partial charge in [0.2, 0.25) is 5.79 Å². The Balaban J connectivity index is 3.80. The Hall–Kier alpha value is -1.22. The van der Waals surface area contributed by atoms with Crippen LogP contribution in [0.15, 0.2) is 0 Å². The fourth-order valence-electron chi connectivity index (χ4n) is 5.21. The quantitative estimate of drug-likeness (QED) is 0.0315. The van der Waals surface area contributed by atoms with Gasteiger partial charge in [-0.25, -0.2) is 0 Å². The zero-order chi connectivity index (χ0) is 31.4. The lowest BCUT2D eigenvalue weighted by Gasteiger charge is -2.24. The van der Waals surface area contributed by atoms with E-state index >= 15 is 0 Å². The van der Waals surface area contributed by atoms with Gasteiger partial charge in [0, 0.05) is 25.8 Å². The van der Waals surface area contributed by atoms with Crippen LogP contribution in [-0.4, -0.2) is 50.6 Å². The molecule has 0 spiro atoms. The average Bonchev–Trinajstić information content (AvgIpc) is 2.93. The second kappa shape index (κ2) is 27.3. The molecule has 0 rings (SSSR count). The van der Waals surface area contributed by atoms with Gasteiger partial charge in [-0.1, -0.05) is 149 Å². The normalized spacial score (nSPS) is 12.0. The van der Waals surface area contributed by atoms with Crippen molar-refractivity contribution in [2.24, 2.45) is 0 Å². The first-order valence-electron chi connectivity index (χ1n) is 17.5. The molecular weight excluding hydrogens is 534 g/mol. The summed E-state index contributed by atoms with van der Waals surface area (Å²) in [5.74, 6) is -6.92. The van der Waals surface area contributed by atoms with Crippen LogP contribution in [0.1, 0.15) is 187 Å². The van der Waals surface area contributed by atoms with Gasteiger partial charge in [-0.05, 0) is 19.3 Å². The number of ether oxygens (including phenoxy) is 1. The molecule has 0 aliphatic carbocycles. The Bertz CT molecular complexity index is 639. The van der Waals surface area contributed by atoms with Gasteiger partial charge in [-0.2, -0.15) is 0 Å². The zero-order valence-electron chi connectivity index (χ0n) is 27.3. The molecule has 0 unspecified atom stereocenters. The lowest BCUT2D eigenvalue weighted by molar-refractivity contribution is -0.323. The number of rotatable bonds is 31. The number of aliphatic hydroxyl groups is 4. The molecule has 1 amide bonds. The van der Waals surface area contributed by atoms with Crippen molar-refractivity contribution in [2.75, 3.05) is 6.54 Å². The van der Waals surface area contributed by atoms with Crippen LogP contribution >= 0.6 is 0 Å². The number of carbonyl (C=O) groups excluding carboxylic acids is 2. The first kappa shape index (κ1) is 40.8. The van der Waals surface area contributed by atoms with E-state index in [0.717, 1.165) is 38.5 Å². The summed E-state index contributed by atoms with van der Waals surface area (Å²) < 4.78 is 4.77. The Labute approximate surface area is 257 Å². The van der Waals surface area contributed by atoms with Crippen LogP contribution in [0.25, 0.3) is 0 Å². The van der Waals surface area contributed by atoms with E-state index in [2.05, 4.69) is 19.2 Å². The summed E-state index contributed by atoms with van der Waals surface area (Å²) in [4.78, 5) is 24.1. The number of carbonyl (C=O) groups is 2. The fraction of sp³-hybridized carbons (Fsp3) is 0.941. The van der Waals surface area contributed by atoms with Gasteiger partial charge < -0.3 is 30.5 Å². The van der Waals surface area contributed by atoms with E-state index in [0.29, 0.717) is 13.0 Å². The predicted molar refractivity (Wildman–Crippen MR) is 169 cm³/mol. The second-order valence-corrected chi connectivity index (χ2v) is 12.3. The maximum atomic E-state index is 12.2. The van der Waals surface area contributed by atoms with Crippen LogP contribution in [0.5, 0.6) is 0 Å². The van der Waals surface area contributed by atoms with Gasteiger partial charge in [-0.15, -0.1) is 0 Å². The minimum atomic E-state index is -2.70. The lowest BCUT2D eigenvalue weighted by atomic mass is 10.0. The first-order valence-corrected chi connectivity index (χ1v) is 17.5. The summed E-state index contributed by atoms with van der Waals surface area (Å²) in [5, 5.41) is 42.7. The first-order chi connectivity index (χ1) is 20.1. The van der Waals surface area contributed by atoms with E-state index in [-0.39, 0.29) is 12.8 Å². The summed E-state index contributed by atoms with van der Waals surface area (Å²) in [6.45, 7) is 4.81. The molecule has 0 bridgehead atoms. The molecule has 0 heterocycles. The van der Waals surface area contributed by atoms with E-state index in [1.54, 1.807) is 0 Å². The van der Waals surface area contributed by atoms with Crippen LogP contribution in [0, 0.1) is 0 Å². The largest absolute Gasteiger partial charge is 0.408 e. The highest BCUT2D eigenvalue weighted by molar-refractivity contribution is 5.82. The van der Waals surface area contributed by atoms with E-state index < -0.39 is 36.5 Å². The van der Waals surface area contributed by atoms with Crippen molar-refractivity contribution in [3.63, 3.8) is 0 Å². The van der Waals surface area contributed by atoms with Crippen molar-refractivity contribution in [2.45, 2.75) is 199 Å². The van der Waals surface area contributed by atoms with Gasteiger partial charge in [0.05, 0.1) is 0 Å². The van der Waals surface area contributed by atoms with E-state index in [9.17, 15) is 30.0 Å². The molecule has 0 radical (unpaired) electrons. The smallest absolute Gasteiger partial charge is 0.324 e.